The molecule has 1 aromatic heterocycles. The number of rotatable bonds is 7. The number of amides is 1. The molecule has 1 heterocycles. The molecular formula is C16H18N2O2. The van der Waals surface area contributed by atoms with Crippen molar-refractivity contribution in [3.63, 3.8) is 0 Å². The van der Waals surface area contributed by atoms with Crippen LogP contribution in [0.5, 0.6) is 5.75 Å². The molecule has 0 unspecified atom stereocenters. The quantitative estimate of drug-likeness (QED) is 0.786. The molecule has 0 fully saturated rings. The van der Waals surface area contributed by atoms with Gasteiger partial charge in [-0.3, -0.25) is 9.78 Å². The molecule has 1 aromatic carbocycles. The third kappa shape index (κ3) is 4.39. The van der Waals surface area contributed by atoms with Crippen LogP contribution in [-0.4, -0.2) is 17.5 Å². The largest absolute Gasteiger partial charge is 0.494 e. The number of aryl methyl sites for hydroxylation is 1. The number of carbonyl (C=O) groups excluding carboxylic acids is 1. The second-order valence-corrected chi connectivity index (χ2v) is 4.56. The maximum Gasteiger partial charge on any atom is 0.250 e. The standard InChI is InChI=1S/C16H18N2O2/c17-16(19)14-10-13(11-18-12-14)6-4-5-9-20-15-7-2-1-3-8-15/h1-3,7-8,10-12H,4-6,9H2,(H2,17,19). The number of primary amides is 1. The van der Waals surface area contributed by atoms with E-state index in [1.807, 2.05) is 30.3 Å². The molecule has 20 heavy (non-hydrogen) atoms. The number of ether oxygens (including phenoxy) is 1. The Labute approximate surface area is 118 Å². The number of aromatic nitrogens is 1. The lowest BCUT2D eigenvalue weighted by Crippen LogP contribution is -2.11. The second kappa shape index (κ2) is 7.28. The molecule has 2 N–H and O–H groups in total. The van der Waals surface area contributed by atoms with Crippen molar-refractivity contribution >= 4 is 5.91 Å². The Balaban J connectivity index is 1.71. The fraction of sp³-hybridized carbons (Fsp3) is 0.250. The molecule has 0 aliphatic heterocycles. The highest BCUT2D eigenvalue weighted by Gasteiger charge is 2.02. The van der Waals surface area contributed by atoms with Crippen LogP contribution in [0.4, 0.5) is 0 Å². The Morgan fingerprint density at radius 2 is 1.95 bits per heavy atom. The van der Waals surface area contributed by atoms with Crippen LogP contribution < -0.4 is 10.5 Å². The van der Waals surface area contributed by atoms with E-state index in [1.54, 1.807) is 12.3 Å². The van der Waals surface area contributed by atoms with Gasteiger partial charge in [0.25, 0.3) is 0 Å². The van der Waals surface area contributed by atoms with Gasteiger partial charge in [0.15, 0.2) is 0 Å². The lowest BCUT2D eigenvalue weighted by molar-refractivity contribution is 0.1000. The number of para-hydroxylation sites is 1. The second-order valence-electron chi connectivity index (χ2n) is 4.56. The van der Waals surface area contributed by atoms with Crippen molar-refractivity contribution in [1.82, 2.24) is 4.98 Å². The van der Waals surface area contributed by atoms with Gasteiger partial charge in [0.1, 0.15) is 5.75 Å². The monoisotopic (exact) mass is 270 g/mol. The number of hydrogen-bond donors (Lipinski definition) is 1. The normalized spacial score (nSPS) is 10.2. The summed E-state index contributed by atoms with van der Waals surface area (Å²) in [5, 5.41) is 0. The summed E-state index contributed by atoms with van der Waals surface area (Å²) in [6, 6.07) is 11.6. The number of carbonyl (C=O) groups is 1. The van der Waals surface area contributed by atoms with Crippen molar-refractivity contribution in [2.75, 3.05) is 6.61 Å². The highest BCUT2D eigenvalue weighted by Crippen LogP contribution is 2.10. The van der Waals surface area contributed by atoms with Crippen LogP contribution in [0.1, 0.15) is 28.8 Å². The molecule has 4 heteroatoms. The maximum absolute atomic E-state index is 11.0. The van der Waals surface area contributed by atoms with Crippen LogP contribution in [0.15, 0.2) is 48.8 Å². The van der Waals surface area contributed by atoms with E-state index >= 15 is 0 Å². The fourth-order valence-electron chi connectivity index (χ4n) is 1.90. The van der Waals surface area contributed by atoms with Crippen LogP contribution in [0, 0.1) is 0 Å². The molecule has 2 aromatic rings. The van der Waals surface area contributed by atoms with Gasteiger partial charge in [-0.2, -0.15) is 0 Å². The Morgan fingerprint density at radius 3 is 2.70 bits per heavy atom. The summed E-state index contributed by atoms with van der Waals surface area (Å²) in [6.07, 6.45) is 6.06. The van der Waals surface area contributed by atoms with Gasteiger partial charge >= 0.3 is 0 Å². The molecule has 4 nitrogen and oxygen atoms in total. The van der Waals surface area contributed by atoms with Crippen LogP contribution >= 0.6 is 0 Å². The van der Waals surface area contributed by atoms with E-state index in [4.69, 9.17) is 10.5 Å². The van der Waals surface area contributed by atoms with Gasteiger partial charge in [0.2, 0.25) is 5.91 Å². The number of unbranched alkanes of at least 4 members (excludes halogenated alkanes) is 1. The number of nitrogens with two attached hydrogens (primary N) is 1. The number of pyridine rings is 1. The van der Waals surface area contributed by atoms with E-state index in [9.17, 15) is 4.79 Å². The molecule has 0 bridgehead atoms. The molecule has 104 valence electrons. The SMILES string of the molecule is NC(=O)c1cncc(CCCCOc2ccccc2)c1. The minimum absolute atomic E-state index is 0.438. The summed E-state index contributed by atoms with van der Waals surface area (Å²) < 4.78 is 5.62. The Kier molecular flexibility index (Phi) is 5.12. The van der Waals surface area contributed by atoms with Crippen molar-refractivity contribution in [2.24, 2.45) is 5.73 Å². The summed E-state index contributed by atoms with van der Waals surface area (Å²) in [5.74, 6) is 0.455. The molecular weight excluding hydrogens is 252 g/mol. The van der Waals surface area contributed by atoms with Gasteiger partial charge in [-0.25, -0.2) is 0 Å². The van der Waals surface area contributed by atoms with Crippen molar-refractivity contribution in [3.8, 4) is 5.75 Å². The Hall–Kier alpha value is -2.36. The summed E-state index contributed by atoms with van der Waals surface area (Å²) in [5.41, 5.74) is 6.71. The van der Waals surface area contributed by atoms with E-state index in [0.29, 0.717) is 12.2 Å². The fourth-order valence-corrected chi connectivity index (χ4v) is 1.90. The predicted octanol–water partition coefficient (Wildman–Crippen LogP) is 2.58. The van der Waals surface area contributed by atoms with Crippen molar-refractivity contribution in [3.05, 3.63) is 59.9 Å². The molecule has 0 aliphatic rings. The minimum atomic E-state index is -0.438. The molecule has 0 spiro atoms. The van der Waals surface area contributed by atoms with Gasteiger partial charge < -0.3 is 10.5 Å². The third-order valence-corrected chi connectivity index (χ3v) is 2.95. The number of benzene rings is 1. The Morgan fingerprint density at radius 1 is 1.15 bits per heavy atom. The molecule has 2 rings (SSSR count). The van der Waals surface area contributed by atoms with Gasteiger partial charge in [0, 0.05) is 12.4 Å². The zero-order chi connectivity index (χ0) is 14.2. The number of nitrogens with zero attached hydrogens (tertiary/aromatic N) is 1. The molecule has 0 aliphatic carbocycles. The van der Waals surface area contributed by atoms with Crippen molar-refractivity contribution in [1.29, 1.82) is 0 Å². The lowest BCUT2D eigenvalue weighted by Gasteiger charge is -2.06. The zero-order valence-corrected chi connectivity index (χ0v) is 11.3. The summed E-state index contributed by atoms with van der Waals surface area (Å²) in [6.45, 7) is 0.687. The molecule has 0 atom stereocenters. The molecule has 0 radical (unpaired) electrons. The summed E-state index contributed by atoms with van der Waals surface area (Å²) in [7, 11) is 0. The summed E-state index contributed by atoms with van der Waals surface area (Å²) in [4.78, 5) is 15.1. The first-order chi connectivity index (χ1) is 9.75. The van der Waals surface area contributed by atoms with E-state index in [1.165, 1.54) is 6.20 Å². The van der Waals surface area contributed by atoms with Gasteiger partial charge in [0.05, 0.1) is 12.2 Å². The molecule has 0 saturated heterocycles. The third-order valence-electron chi connectivity index (χ3n) is 2.95. The first-order valence-electron chi connectivity index (χ1n) is 6.67. The van der Waals surface area contributed by atoms with Crippen molar-refractivity contribution < 1.29 is 9.53 Å². The Bertz CT molecular complexity index is 555. The molecule has 0 saturated carbocycles. The van der Waals surface area contributed by atoms with Gasteiger partial charge in [-0.1, -0.05) is 18.2 Å². The van der Waals surface area contributed by atoms with E-state index in [2.05, 4.69) is 4.98 Å². The highest BCUT2D eigenvalue weighted by atomic mass is 16.5. The van der Waals surface area contributed by atoms with E-state index in [-0.39, 0.29) is 0 Å². The van der Waals surface area contributed by atoms with E-state index < -0.39 is 5.91 Å². The van der Waals surface area contributed by atoms with Crippen LogP contribution in [0.2, 0.25) is 0 Å². The first-order valence-corrected chi connectivity index (χ1v) is 6.67. The van der Waals surface area contributed by atoms with Crippen molar-refractivity contribution in [2.45, 2.75) is 19.3 Å². The maximum atomic E-state index is 11.0. The number of hydrogen-bond acceptors (Lipinski definition) is 3. The summed E-state index contributed by atoms with van der Waals surface area (Å²) >= 11 is 0. The van der Waals surface area contributed by atoms with Crippen LogP contribution in [-0.2, 0) is 6.42 Å². The lowest BCUT2D eigenvalue weighted by atomic mass is 10.1. The molecule has 1 amide bonds. The smallest absolute Gasteiger partial charge is 0.250 e. The van der Waals surface area contributed by atoms with E-state index in [0.717, 1.165) is 30.6 Å². The highest BCUT2D eigenvalue weighted by molar-refractivity contribution is 5.92. The minimum Gasteiger partial charge on any atom is -0.494 e. The predicted molar refractivity (Wildman–Crippen MR) is 77.6 cm³/mol. The van der Waals surface area contributed by atoms with Gasteiger partial charge in [-0.15, -0.1) is 0 Å². The van der Waals surface area contributed by atoms with Crippen LogP contribution in [0.3, 0.4) is 0 Å². The average Bonchev–Trinajstić information content (AvgIpc) is 2.48. The average molecular weight is 270 g/mol. The first kappa shape index (κ1) is 14.1. The van der Waals surface area contributed by atoms with Gasteiger partial charge in [-0.05, 0) is 43.0 Å². The zero-order valence-electron chi connectivity index (χ0n) is 11.3. The van der Waals surface area contributed by atoms with Crippen LogP contribution in [0.25, 0.3) is 0 Å². The topological polar surface area (TPSA) is 65.2 Å².